The molecule has 0 amide bonds. The van der Waals surface area contributed by atoms with Gasteiger partial charge in [0, 0.05) is 19.3 Å². The first-order chi connectivity index (χ1) is 10.7. The van der Waals surface area contributed by atoms with Gasteiger partial charge in [0.15, 0.2) is 5.15 Å². The minimum atomic E-state index is -0.472. The molecule has 1 fully saturated rings. The van der Waals surface area contributed by atoms with Crippen LogP contribution < -0.4 is 10.2 Å². The fourth-order valence-electron chi connectivity index (χ4n) is 2.40. The lowest BCUT2D eigenvalue weighted by Gasteiger charge is -2.17. The second-order valence-corrected chi connectivity index (χ2v) is 5.17. The van der Waals surface area contributed by atoms with Crippen LogP contribution in [0.1, 0.15) is 12.8 Å². The first-order valence-electron chi connectivity index (χ1n) is 6.78. The Hall–Kier alpha value is -2.48. The zero-order valence-electron chi connectivity index (χ0n) is 11.6. The van der Waals surface area contributed by atoms with E-state index in [1.165, 1.54) is 12.5 Å². The van der Waals surface area contributed by atoms with E-state index in [2.05, 4.69) is 20.3 Å². The van der Waals surface area contributed by atoms with Gasteiger partial charge in [-0.25, -0.2) is 15.0 Å². The highest BCUT2D eigenvalue weighted by Gasteiger charge is 2.28. The second-order valence-electron chi connectivity index (χ2n) is 4.81. The highest BCUT2D eigenvalue weighted by atomic mass is 35.5. The molecular weight excluding hydrogens is 308 g/mol. The average Bonchev–Trinajstić information content (AvgIpc) is 3.03. The molecule has 0 atom stereocenters. The van der Waals surface area contributed by atoms with E-state index in [0.29, 0.717) is 11.5 Å². The Labute approximate surface area is 131 Å². The zero-order valence-corrected chi connectivity index (χ0v) is 12.3. The predicted octanol–water partition coefficient (Wildman–Crippen LogP) is 2.78. The molecule has 0 aromatic carbocycles. The molecule has 22 heavy (non-hydrogen) atoms. The smallest absolute Gasteiger partial charge is 0.351 e. The van der Waals surface area contributed by atoms with Crippen LogP contribution in [0, 0.1) is 10.1 Å². The third kappa shape index (κ3) is 2.77. The van der Waals surface area contributed by atoms with Crippen molar-refractivity contribution in [1.29, 1.82) is 0 Å². The maximum Gasteiger partial charge on any atom is 0.353 e. The summed E-state index contributed by atoms with van der Waals surface area (Å²) in [7, 11) is 0. The molecule has 0 saturated carbocycles. The molecule has 2 aromatic rings. The number of pyridine rings is 1. The van der Waals surface area contributed by atoms with Crippen molar-refractivity contribution in [3.05, 3.63) is 39.9 Å². The fourth-order valence-corrected chi connectivity index (χ4v) is 2.56. The maximum absolute atomic E-state index is 11.5. The van der Waals surface area contributed by atoms with Gasteiger partial charge in [-0.3, -0.25) is 10.1 Å². The zero-order chi connectivity index (χ0) is 15.5. The minimum Gasteiger partial charge on any atom is -0.351 e. The van der Waals surface area contributed by atoms with E-state index in [1.807, 2.05) is 4.90 Å². The summed E-state index contributed by atoms with van der Waals surface area (Å²) in [4.78, 5) is 24.9. The Bertz CT molecular complexity index is 705. The summed E-state index contributed by atoms with van der Waals surface area (Å²) in [5.74, 6) is 0.441. The van der Waals surface area contributed by atoms with Gasteiger partial charge < -0.3 is 10.2 Å². The lowest BCUT2D eigenvalue weighted by Crippen LogP contribution is -2.21. The lowest BCUT2D eigenvalue weighted by molar-refractivity contribution is -0.383. The quantitative estimate of drug-likeness (QED) is 0.525. The number of hydrogen-bond acceptors (Lipinski definition) is 7. The van der Waals surface area contributed by atoms with Gasteiger partial charge in [0.1, 0.15) is 6.33 Å². The molecule has 0 spiro atoms. The van der Waals surface area contributed by atoms with Crippen molar-refractivity contribution in [2.75, 3.05) is 23.3 Å². The van der Waals surface area contributed by atoms with E-state index in [9.17, 15) is 10.1 Å². The van der Waals surface area contributed by atoms with Crippen molar-refractivity contribution in [3.63, 3.8) is 0 Å². The molecule has 3 heterocycles. The van der Waals surface area contributed by atoms with Crippen molar-refractivity contribution in [3.8, 4) is 0 Å². The van der Waals surface area contributed by atoms with E-state index < -0.39 is 4.92 Å². The van der Waals surface area contributed by atoms with Crippen LogP contribution in [-0.4, -0.2) is 33.0 Å². The molecule has 0 radical (unpaired) electrons. The summed E-state index contributed by atoms with van der Waals surface area (Å²) in [5, 5.41) is 14.6. The molecule has 0 unspecified atom stereocenters. The molecule has 1 N–H and O–H groups in total. The normalized spacial score (nSPS) is 14.1. The number of hydrogen-bond donors (Lipinski definition) is 1. The van der Waals surface area contributed by atoms with Crippen LogP contribution in [0.5, 0.6) is 0 Å². The molecule has 0 aliphatic carbocycles. The third-order valence-electron chi connectivity index (χ3n) is 3.40. The predicted molar refractivity (Wildman–Crippen MR) is 82.7 cm³/mol. The molecule has 1 aliphatic rings. The minimum absolute atomic E-state index is 0.108. The van der Waals surface area contributed by atoms with Gasteiger partial charge >= 0.3 is 5.69 Å². The number of halogens is 1. The molecule has 0 bridgehead atoms. The third-order valence-corrected chi connectivity index (χ3v) is 3.70. The SMILES string of the molecule is O=[N+]([O-])c1c(Nc2cccnc2Cl)ncnc1N1CCCC1. The number of anilines is 3. The van der Waals surface area contributed by atoms with E-state index >= 15 is 0 Å². The summed E-state index contributed by atoms with van der Waals surface area (Å²) in [6, 6.07) is 3.36. The monoisotopic (exact) mass is 320 g/mol. The molecule has 9 heteroatoms. The fraction of sp³-hybridized carbons (Fsp3) is 0.308. The van der Waals surface area contributed by atoms with Crippen LogP contribution in [0.15, 0.2) is 24.7 Å². The van der Waals surface area contributed by atoms with Gasteiger partial charge in [-0.15, -0.1) is 0 Å². The van der Waals surface area contributed by atoms with Crippen LogP contribution in [0.2, 0.25) is 5.15 Å². The Morgan fingerprint density at radius 2 is 2.05 bits per heavy atom. The Kier molecular flexibility index (Phi) is 4.01. The lowest BCUT2D eigenvalue weighted by atomic mass is 10.3. The van der Waals surface area contributed by atoms with Crippen molar-refractivity contribution >= 4 is 34.6 Å². The summed E-state index contributed by atoms with van der Waals surface area (Å²) >= 11 is 5.98. The summed E-state index contributed by atoms with van der Waals surface area (Å²) < 4.78 is 0. The number of nitrogens with one attached hydrogen (secondary N) is 1. The first kappa shape index (κ1) is 14.5. The van der Waals surface area contributed by atoms with Gasteiger partial charge in [0.2, 0.25) is 11.6 Å². The number of nitrogens with zero attached hydrogens (tertiary/aromatic N) is 5. The van der Waals surface area contributed by atoms with Crippen molar-refractivity contribution in [1.82, 2.24) is 15.0 Å². The van der Waals surface area contributed by atoms with Gasteiger partial charge in [-0.1, -0.05) is 11.6 Å². The van der Waals surface area contributed by atoms with Gasteiger partial charge in [-0.2, -0.15) is 0 Å². The summed E-state index contributed by atoms with van der Waals surface area (Å²) in [5.41, 5.74) is 0.308. The molecular formula is C13H13ClN6O2. The van der Waals surface area contributed by atoms with Crippen molar-refractivity contribution in [2.24, 2.45) is 0 Å². The number of nitro groups is 1. The Balaban J connectivity index is 2.02. The first-order valence-corrected chi connectivity index (χ1v) is 7.16. The van der Waals surface area contributed by atoms with Crippen LogP contribution >= 0.6 is 11.6 Å². The molecule has 1 saturated heterocycles. The largest absolute Gasteiger partial charge is 0.353 e. The summed E-state index contributed by atoms with van der Waals surface area (Å²) in [6.45, 7) is 1.51. The summed E-state index contributed by atoms with van der Waals surface area (Å²) in [6.07, 6.45) is 4.85. The van der Waals surface area contributed by atoms with Crippen molar-refractivity contribution < 1.29 is 4.92 Å². The highest BCUT2D eigenvalue weighted by molar-refractivity contribution is 6.32. The highest BCUT2D eigenvalue weighted by Crippen LogP contribution is 2.35. The standard InChI is InChI=1S/C13H13ClN6O2/c14-11-9(4-3-5-15-11)18-12-10(20(21)22)13(17-8-16-12)19-6-1-2-7-19/h3-5,8H,1-2,6-7H2,(H,16,17,18). The van der Waals surface area contributed by atoms with E-state index in [-0.39, 0.29) is 16.7 Å². The topological polar surface area (TPSA) is 97.1 Å². The molecule has 114 valence electrons. The van der Waals surface area contributed by atoms with Crippen LogP contribution in [-0.2, 0) is 0 Å². The van der Waals surface area contributed by atoms with E-state index in [4.69, 9.17) is 11.6 Å². The Morgan fingerprint density at radius 1 is 1.27 bits per heavy atom. The Morgan fingerprint density at radius 3 is 2.73 bits per heavy atom. The van der Waals surface area contributed by atoms with Gasteiger partial charge in [0.05, 0.1) is 10.6 Å². The average molecular weight is 321 g/mol. The second kappa shape index (κ2) is 6.10. The van der Waals surface area contributed by atoms with Gasteiger partial charge in [-0.05, 0) is 25.0 Å². The van der Waals surface area contributed by atoms with Crippen molar-refractivity contribution in [2.45, 2.75) is 12.8 Å². The van der Waals surface area contributed by atoms with E-state index in [1.54, 1.807) is 12.1 Å². The molecule has 2 aromatic heterocycles. The van der Waals surface area contributed by atoms with Crippen LogP contribution in [0.4, 0.5) is 23.0 Å². The van der Waals surface area contributed by atoms with Gasteiger partial charge in [0.25, 0.3) is 0 Å². The number of rotatable bonds is 4. The molecule has 1 aliphatic heterocycles. The molecule has 8 nitrogen and oxygen atoms in total. The van der Waals surface area contributed by atoms with Crippen LogP contribution in [0.25, 0.3) is 0 Å². The van der Waals surface area contributed by atoms with E-state index in [0.717, 1.165) is 25.9 Å². The number of aromatic nitrogens is 3. The molecule has 3 rings (SSSR count). The maximum atomic E-state index is 11.5. The van der Waals surface area contributed by atoms with Crippen LogP contribution in [0.3, 0.4) is 0 Å².